The van der Waals surface area contributed by atoms with Crippen molar-refractivity contribution in [2.45, 2.75) is 24.9 Å². The third kappa shape index (κ3) is 7.28. The van der Waals surface area contributed by atoms with Gasteiger partial charge in [-0.2, -0.15) is 0 Å². The molecule has 2 amide bonds. The Kier molecular flexibility index (Phi) is 7.85. The summed E-state index contributed by atoms with van der Waals surface area (Å²) in [7, 11) is 0. The molecular weight excluding hydrogens is 274 g/mol. The second-order valence-electron chi connectivity index (χ2n) is 3.90. The number of aliphatic hydroxyl groups is 1. The van der Waals surface area contributed by atoms with Crippen LogP contribution in [0, 0.1) is 0 Å². The molecule has 2 atom stereocenters. The van der Waals surface area contributed by atoms with Crippen LogP contribution in [0.1, 0.15) is 12.8 Å². The highest BCUT2D eigenvalue weighted by Gasteiger charge is 2.21. The van der Waals surface area contributed by atoms with E-state index in [1.54, 1.807) is 0 Å². The van der Waals surface area contributed by atoms with Gasteiger partial charge in [0.2, 0.25) is 11.8 Å². The van der Waals surface area contributed by atoms with E-state index in [4.69, 9.17) is 21.1 Å². The summed E-state index contributed by atoms with van der Waals surface area (Å²) < 4.78 is 0. The predicted molar refractivity (Wildman–Crippen MR) is 64.5 cm³/mol. The van der Waals surface area contributed by atoms with Crippen molar-refractivity contribution < 1.29 is 34.5 Å². The maximum atomic E-state index is 11.4. The maximum Gasteiger partial charge on any atom is 0.322 e. The smallest absolute Gasteiger partial charge is 0.322 e. The van der Waals surface area contributed by atoms with Crippen LogP contribution in [0.15, 0.2) is 0 Å². The summed E-state index contributed by atoms with van der Waals surface area (Å²) in [6.07, 6.45) is -0.369. The number of carbonyl (C=O) groups excluding carboxylic acids is 2. The third-order valence-corrected chi connectivity index (χ3v) is 2.25. The molecule has 114 valence electrons. The van der Waals surface area contributed by atoms with Crippen molar-refractivity contribution in [3.05, 3.63) is 0 Å². The lowest BCUT2D eigenvalue weighted by atomic mass is 10.1. The molecule has 0 aromatic rings. The number of rotatable bonds is 9. The van der Waals surface area contributed by atoms with Crippen molar-refractivity contribution >= 4 is 23.8 Å². The molecule has 0 spiro atoms. The number of carbonyl (C=O) groups is 4. The summed E-state index contributed by atoms with van der Waals surface area (Å²) in [4.78, 5) is 43.5. The molecule has 0 heterocycles. The summed E-state index contributed by atoms with van der Waals surface area (Å²) in [6.45, 7) is -1.36. The first kappa shape index (κ1) is 17.8. The van der Waals surface area contributed by atoms with Gasteiger partial charge in [-0.3, -0.25) is 19.2 Å². The van der Waals surface area contributed by atoms with Gasteiger partial charge in [0.1, 0.15) is 18.6 Å². The van der Waals surface area contributed by atoms with Crippen LogP contribution < -0.4 is 16.4 Å². The highest BCUT2D eigenvalue weighted by molar-refractivity contribution is 5.89. The molecular formula is C10H17N3O7. The van der Waals surface area contributed by atoms with E-state index in [0.717, 1.165) is 0 Å². The number of hydrogen-bond acceptors (Lipinski definition) is 6. The van der Waals surface area contributed by atoms with Gasteiger partial charge in [-0.05, 0) is 6.42 Å². The minimum Gasteiger partial charge on any atom is -0.480 e. The minimum absolute atomic E-state index is 0.129. The molecule has 10 heteroatoms. The molecule has 0 aromatic heterocycles. The number of nitrogens with two attached hydrogens (primary N) is 1. The van der Waals surface area contributed by atoms with Crippen LogP contribution in [0.2, 0.25) is 0 Å². The fraction of sp³-hybridized carbons (Fsp3) is 0.600. The molecule has 0 aromatic carbocycles. The molecule has 0 radical (unpaired) electrons. The zero-order chi connectivity index (χ0) is 15.7. The van der Waals surface area contributed by atoms with E-state index in [0.29, 0.717) is 0 Å². The zero-order valence-electron chi connectivity index (χ0n) is 10.5. The zero-order valence-corrected chi connectivity index (χ0v) is 10.5. The highest BCUT2D eigenvalue weighted by atomic mass is 16.4. The fourth-order valence-corrected chi connectivity index (χ4v) is 1.16. The van der Waals surface area contributed by atoms with Crippen LogP contribution in [0.3, 0.4) is 0 Å². The fourth-order valence-electron chi connectivity index (χ4n) is 1.16. The van der Waals surface area contributed by atoms with Crippen molar-refractivity contribution in [1.29, 1.82) is 0 Å². The molecule has 0 fully saturated rings. The Bertz CT molecular complexity index is 385. The van der Waals surface area contributed by atoms with Crippen LogP contribution in [0.5, 0.6) is 0 Å². The summed E-state index contributed by atoms with van der Waals surface area (Å²) in [6, 6.07) is -2.50. The number of carboxylic acids is 2. The Hall–Kier alpha value is -2.20. The molecule has 7 N–H and O–H groups in total. The van der Waals surface area contributed by atoms with E-state index in [-0.39, 0.29) is 12.8 Å². The maximum absolute atomic E-state index is 11.4. The lowest BCUT2D eigenvalue weighted by Gasteiger charge is -2.15. The Labute approximate surface area is 113 Å². The largest absolute Gasteiger partial charge is 0.480 e. The van der Waals surface area contributed by atoms with Crippen LogP contribution in [0.4, 0.5) is 0 Å². The van der Waals surface area contributed by atoms with Gasteiger partial charge in [-0.25, -0.2) is 0 Å². The van der Waals surface area contributed by atoms with Gasteiger partial charge in [0.05, 0.1) is 6.61 Å². The predicted octanol–water partition coefficient (Wildman–Crippen LogP) is -3.14. The quantitative estimate of drug-likeness (QED) is 0.258. The second kappa shape index (κ2) is 8.82. The number of amides is 2. The number of nitrogens with one attached hydrogen (secondary N) is 2. The molecule has 0 bridgehead atoms. The Morgan fingerprint density at radius 2 is 1.75 bits per heavy atom. The first-order valence-corrected chi connectivity index (χ1v) is 5.66. The summed E-state index contributed by atoms with van der Waals surface area (Å²) in [5.74, 6) is -4.05. The standard InChI is InChI=1S/C10H17N3O7/c11-5(10(19)20)1-2-7(15)13-6(4-14)9(18)12-3-8(16)17/h5-6,14H,1-4,11H2,(H,12,18)(H,13,15)(H,16,17)(H,19,20)/t5-,6-/m1/s1. The first-order chi connectivity index (χ1) is 9.27. The molecule has 0 saturated carbocycles. The van der Waals surface area contributed by atoms with Gasteiger partial charge in [0, 0.05) is 6.42 Å². The molecule has 0 aliphatic carbocycles. The molecule has 20 heavy (non-hydrogen) atoms. The van der Waals surface area contributed by atoms with Crippen molar-refractivity contribution in [2.24, 2.45) is 5.73 Å². The Morgan fingerprint density at radius 3 is 2.20 bits per heavy atom. The van der Waals surface area contributed by atoms with Crippen LogP contribution in [-0.2, 0) is 19.2 Å². The van der Waals surface area contributed by atoms with Gasteiger partial charge < -0.3 is 31.7 Å². The first-order valence-electron chi connectivity index (χ1n) is 5.66. The molecule has 0 aliphatic heterocycles. The summed E-state index contributed by atoms with van der Waals surface area (Å²) in [5, 5.41) is 29.9. The number of aliphatic hydroxyl groups excluding tert-OH is 1. The topological polar surface area (TPSA) is 179 Å². The van der Waals surface area contributed by atoms with Crippen molar-refractivity contribution in [3.63, 3.8) is 0 Å². The lowest BCUT2D eigenvalue weighted by molar-refractivity contribution is -0.139. The van der Waals surface area contributed by atoms with Crippen molar-refractivity contribution in [3.8, 4) is 0 Å². The van der Waals surface area contributed by atoms with E-state index >= 15 is 0 Å². The molecule has 0 unspecified atom stereocenters. The molecule has 0 rings (SSSR count). The third-order valence-electron chi connectivity index (χ3n) is 2.25. The monoisotopic (exact) mass is 291 g/mol. The average Bonchev–Trinajstić information content (AvgIpc) is 2.38. The van der Waals surface area contributed by atoms with Gasteiger partial charge in [-0.15, -0.1) is 0 Å². The highest BCUT2D eigenvalue weighted by Crippen LogP contribution is 1.96. The Balaban J connectivity index is 4.21. The van der Waals surface area contributed by atoms with Gasteiger partial charge in [0.15, 0.2) is 0 Å². The molecule has 0 aliphatic rings. The normalized spacial score (nSPS) is 13.1. The van der Waals surface area contributed by atoms with E-state index in [9.17, 15) is 19.2 Å². The van der Waals surface area contributed by atoms with Gasteiger partial charge in [-0.1, -0.05) is 0 Å². The van der Waals surface area contributed by atoms with Crippen molar-refractivity contribution in [2.75, 3.05) is 13.2 Å². The molecule has 0 saturated heterocycles. The van der Waals surface area contributed by atoms with Gasteiger partial charge in [0.25, 0.3) is 0 Å². The number of carboxylic acid groups (broad SMARTS) is 2. The Morgan fingerprint density at radius 1 is 1.15 bits per heavy atom. The van der Waals surface area contributed by atoms with Crippen LogP contribution in [-0.4, -0.2) is 64.3 Å². The summed E-state index contributed by atoms with van der Waals surface area (Å²) in [5.41, 5.74) is 5.20. The van der Waals surface area contributed by atoms with E-state index in [1.807, 2.05) is 5.32 Å². The number of hydrogen-bond donors (Lipinski definition) is 6. The van der Waals surface area contributed by atoms with Crippen molar-refractivity contribution in [1.82, 2.24) is 10.6 Å². The van der Waals surface area contributed by atoms with E-state index < -0.39 is 49.0 Å². The molecule has 10 nitrogen and oxygen atoms in total. The van der Waals surface area contributed by atoms with Crippen LogP contribution >= 0.6 is 0 Å². The van der Waals surface area contributed by atoms with Crippen LogP contribution in [0.25, 0.3) is 0 Å². The van der Waals surface area contributed by atoms with E-state index in [1.165, 1.54) is 0 Å². The minimum atomic E-state index is -1.30. The second-order valence-corrected chi connectivity index (χ2v) is 3.90. The van der Waals surface area contributed by atoms with Gasteiger partial charge >= 0.3 is 11.9 Å². The average molecular weight is 291 g/mol. The number of aliphatic carboxylic acids is 2. The lowest BCUT2D eigenvalue weighted by Crippen LogP contribution is -2.50. The SMILES string of the molecule is N[C@H](CCC(=O)N[C@H](CO)C(=O)NCC(=O)O)C(=O)O. The van der Waals surface area contributed by atoms with E-state index in [2.05, 4.69) is 5.32 Å². The summed E-state index contributed by atoms with van der Waals surface area (Å²) >= 11 is 0.